The summed E-state index contributed by atoms with van der Waals surface area (Å²) in [4.78, 5) is 13.7. The van der Waals surface area contributed by atoms with Gasteiger partial charge in [-0.25, -0.2) is 0 Å². The third-order valence-corrected chi connectivity index (χ3v) is 7.16. The number of methoxy groups -OCH3 is 1. The summed E-state index contributed by atoms with van der Waals surface area (Å²) in [5.74, 6) is 3.62. The third-order valence-electron chi connectivity index (χ3n) is 5.62. The summed E-state index contributed by atoms with van der Waals surface area (Å²) in [6.45, 7) is 0. The molecule has 1 atom stereocenters. The first-order valence-electron chi connectivity index (χ1n) is 12.1. The van der Waals surface area contributed by atoms with Crippen LogP contribution in [0.15, 0.2) is 121 Å². The molecule has 0 aliphatic rings. The van der Waals surface area contributed by atoms with Crippen molar-refractivity contribution < 1.29 is 23.7 Å². The van der Waals surface area contributed by atoms with E-state index in [1.54, 1.807) is 30.3 Å². The van der Waals surface area contributed by atoms with Gasteiger partial charge in [-0.1, -0.05) is 72.3 Å². The van der Waals surface area contributed by atoms with Gasteiger partial charge in [0.2, 0.25) is 0 Å². The minimum absolute atomic E-state index is 0. The van der Waals surface area contributed by atoms with E-state index in [4.69, 9.17) is 30.5 Å². The number of hydrogen-bond acceptors (Lipinski definition) is 5. The molecular formula is C32H24ClLiO5P. The van der Waals surface area contributed by atoms with Gasteiger partial charge in [-0.2, -0.15) is 0 Å². The molecule has 0 heterocycles. The quantitative estimate of drug-likeness (QED) is 0.126. The average Bonchev–Trinajstić information content (AvgIpc) is 2.96. The molecule has 5 rings (SSSR count). The summed E-state index contributed by atoms with van der Waals surface area (Å²) >= 11 is 6.44. The number of carbonyl (C=O) groups is 1. The molecule has 5 nitrogen and oxygen atoms in total. The van der Waals surface area contributed by atoms with Crippen molar-refractivity contribution in [2.24, 2.45) is 0 Å². The van der Waals surface area contributed by atoms with E-state index in [0.717, 1.165) is 0 Å². The van der Waals surface area contributed by atoms with Gasteiger partial charge >= 0.3 is 0 Å². The number of para-hydroxylation sites is 3. The second-order valence-electron chi connectivity index (χ2n) is 8.31. The van der Waals surface area contributed by atoms with Gasteiger partial charge in [0.1, 0.15) is 40.2 Å². The first kappa shape index (κ1) is 29.3. The monoisotopic (exact) mass is 561 g/mol. The standard InChI is InChI=1S/C32H24ClO5P.Li/c1-35-27-19-11-18-26(33)30(27)32(34)39-31-28(37-23-14-7-3-8-15-23)20-25(36-22-12-5-2-6-13-22)21-29(31)38-24-16-9-4-10-17-24;/h2-21,39H,1H3;. The largest absolute Gasteiger partial charge is 0.496 e. The third kappa shape index (κ3) is 7.27. The van der Waals surface area contributed by atoms with Crippen LogP contribution >= 0.6 is 20.2 Å². The van der Waals surface area contributed by atoms with Gasteiger partial charge in [-0.05, 0) is 57.1 Å². The number of halogens is 1. The van der Waals surface area contributed by atoms with Crippen LogP contribution in [-0.4, -0.2) is 31.5 Å². The van der Waals surface area contributed by atoms with Crippen molar-refractivity contribution in [2.45, 2.75) is 0 Å². The van der Waals surface area contributed by atoms with Crippen LogP contribution in [0, 0.1) is 0 Å². The Hall–Kier alpha value is -3.71. The Kier molecular flexibility index (Phi) is 10.3. The van der Waals surface area contributed by atoms with E-state index >= 15 is 0 Å². The van der Waals surface area contributed by atoms with E-state index in [0.29, 0.717) is 56.1 Å². The molecule has 1 radical (unpaired) electrons. The molecule has 0 aliphatic carbocycles. The molecule has 0 saturated heterocycles. The van der Waals surface area contributed by atoms with Crippen molar-refractivity contribution in [1.29, 1.82) is 0 Å². The van der Waals surface area contributed by atoms with Crippen molar-refractivity contribution >= 4 is 49.9 Å². The van der Waals surface area contributed by atoms with Gasteiger partial charge in [0.15, 0.2) is 5.52 Å². The van der Waals surface area contributed by atoms with E-state index < -0.39 is 8.58 Å². The fraction of sp³-hybridized carbons (Fsp3) is 0.0312. The smallest absolute Gasteiger partial charge is 0.191 e. The Bertz CT molecular complexity index is 1500. The van der Waals surface area contributed by atoms with Crippen LogP contribution < -0.4 is 24.3 Å². The second-order valence-corrected chi connectivity index (χ2v) is 9.92. The average molecular weight is 562 g/mol. The van der Waals surface area contributed by atoms with Crippen LogP contribution in [0.4, 0.5) is 0 Å². The number of hydrogen-bond donors (Lipinski definition) is 0. The normalized spacial score (nSPS) is 10.6. The maximum Gasteiger partial charge on any atom is 0.191 e. The number of carbonyl (C=O) groups excluding carboxylic acids is 1. The molecule has 5 aromatic carbocycles. The minimum atomic E-state index is -0.392. The molecule has 0 aliphatic heterocycles. The van der Waals surface area contributed by atoms with Crippen LogP contribution in [0.2, 0.25) is 5.02 Å². The molecule has 0 aromatic heterocycles. The van der Waals surface area contributed by atoms with Crippen molar-refractivity contribution in [2.75, 3.05) is 7.11 Å². The van der Waals surface area contributed by atoms with E-state index in [-0.39, 0.29) is 24.4 Å². The zero-order valence-corrected chi connectivity index (χ0v) is 23.7. The summed E-state index contributed by atoms with van der Waals surface area (Å²) in [7, 11) is 1.12. The zero-order valence-electron chi connectivity index (χ0n) is 22.0. The SMILES string of the molecule is COc1cccc(Cl)c1C(=O)Pc1c(Oc2ccccc2)cc(Oc2ccccc2)cc1Oc1ccccc1.[Li]. The summed E-state index contributed by atoms with van der Waals surface area (Å²) in [5.41, 5.74) is 0.0888. The number of rotatable bonds is 10. The van der Waals surface area contributed by atoms with E-state index in [9.17, 15) is 4.79 Å². The summed E-state index contributed by atoms with van der Waals surface area (Å²) in [5, 5.41) is 0.877. The second kappa shape index (κ2) is 14.1. The Morgan fingerprint density at radius 1 is 0.600 bits per heavy atom. The molecule has 0 amide bonds. The Morgan fingerprint density at radius 2 is 1.07 bits per heavy atom. The predicted octanol–water partition coefficient (Wildman–Crippen LogP) is 8.49. The fourth-order valence-corrected chi connectivity index (χ4v) is 5.27. The molecule has 0 saturated carbocycles. The molecule has 0 bridgehead atoms. The van der Waals surface area contributed by atoms with Crippen molar-refractivity contribution in [3.05, 3.63) is 132 Å². The molecule has 1 unspecified atom stereocenters. The number of ether oxygens (including phenoxy) is 4. The maximum atomic E-state index is 13.7. The Balaban J connectivity index is 0.00000370. The summed E-state index contributed by atoms with van der Waals surface area (Å²) in [6, 6.07) is 36.7. The maximum absolute atomic E-state index is 13.7. The molecule has 0 fully saturated rings. The van der Waals surface area contributed by atoms with Gasteiger partial charge in [-0.3, -0.25) is 4.79 Å². The molecule has 0 spiro atoms. The topological polar surface area (TPSA) is 54.0 Å². The van der Waals surface area contributed by atoms with Crippen LogP contribution in [0.25, 0.3) is 0 Å². The van der Waals surface area contributed by atoms with Crippen molar-refractivity contribution in [1.82, 2.24) is 0 Å². The fourth-order valence-electron chi connectivity index (χ4n) is 3.84. The van der Waals surface area contributed by atoms with Crippen LogP contribution in [0.3, 0.4) is 0 Å². The van der Waals surface area contributed by atoms with Gasteiger partial charge in [0, 0.05) is 31.0 Å². The van der Waals surface area contributed by atoms with E-state index in [1.165, 1.54) is 7.11 Å². The first-order valence-corrected chi connectivity index (χ1v) is 13.5. The van der Waals surface area contributed by atoms with E-state index in [1.807, 2.05) is 91.0 Å². The number of benzene rings is 5. The van der Waals surface area contributed by atoms with Gasteiger partial charge in [0.05, 0.1) is 23.0 Å². The molecule has 40 heavy (non-hydrogen) atoms. The molecule has 195 valence electrons. The molecular weight excluding hydrogens is 538 g/mol. The van der Waals surface area contributed by atoms with E-state index in [2.05, 4.69) is 0 Å². The van der Waals surface area contributed by atoms with Gasteiger partial charge in [-0.15, -0.1) is 0 Å². The summed E-state index contributed by atoms with van der Waals surface area (Å²) < 4.78 is 24.2. The van der Waals surface area contributed by atoms with Crippen molar-refractivity contribution in [3.63, 3.8) is 0 Å². The Morgan fingerprint density at radius 3 is 1.55 bits per heavy atom. The minimum Gasteiger partial charge on any atom is -0.496 e. The van der Waals surface area contributed by atoms with Gasteiger partial charge in [0.25, 0.3) is 0 Å². The van der Waals surface area contributed by atoms with Crippen LogP contribution in [0.5, 0.6) is 40.2 Å². The van der Waals surface area contributed by atoms with Crippen LogP contribution in [0.1, 0.15) is 10.4 Å². The molecule has 0 N–H and O–H groups in total. The van der Waals surface area contributed by atoms with Crippen LogP contribution in [-0.2, 0) is 0 Å². The molecule has 5 aromatic rings. The summed E-state index contributed by atoms with van der Waals surface area (Å²) in [6.07, 6.45) is 0. The van der Waals surface area contributed by atoms with Gasteiger partial charge < -0.3 is 18.9 Å². The van der Waals surface area contributed by atoms with Crippen molar-refractivity contribution in [3.8, 4) is 40.2 Å². The predicted molar refractivity (Wildman–Crippen MR) is 162 cm³/mol. The first-order chi connectivity index (χ1) is 19.1. The Labute approximate surface area is 252 Å². The molecule has 8 heteroatoms. The zero-order chi connectivity index (χ0) is 27.0.